The molecule has 1 aromatic heterocycles. The van der Waals surface area contributed by atoms with Crippen LogP contribution in [0.4, 0.5) is 0 Å². The molecule has 1 saturated heterocycles. The van der Waals surface area contributed by atoms with Crippen LogP contribution in [0.15, 0.2) is 31.4 Å². The van der Waals surface area contributed by atoms with Gasteiger partial charge < -0.3 is 9.64 Å². The number of hydrogen-bond donors (Lipinski definition) is 0. The highest BCUT2D eigenvalue weighted by Crippen LogP contribution is 2.17. The summed E-state index contributed by atoms with van der Waals surface area (Å²) in [5.41, 5.74) is 0. The van der Waals surface area contributed by atoms with Crippen LogP contribution in [-0.2, 0) is 4.79 Å². The van der Waals surface area contributed by atoms with E-state index in [1.165, 1.54) is 6.33 Å². The van der Waals surface area contributed by atoms with Crippen LogP contribution in [0.3, 0.4) is 0 Å². The van der Waals surface area contributed by atoms with Gasteiger partial charge in [-0.15, -0.1) is 6.58 Å². The van der Waals surface area contributed by atoms with E-state index >= 15 is 0 Å². The Balaban J connectivity index is 1.97. The molecule has 0 radical (unpaired) electrons. The first-order chi connectivity index (χ1) is 7.81. The maximum Gasteiger partial charge on any atom is 0.263 e. The van der Waals surface area contributed by atoms with Crippen molar-refractivity contribution >= 4 is 5.91 Å². The van der Waals surface area contributed by atoms with Gasteiger partial charge in [-0.3, -0.25) is 4.79 Å². The summed E-state index contributed by atoms with van der Waals surface area (Å²) < 4.78 is 5.51. The highest BCUT2D eigenvalue weighted by molar-refractivity contribution is 5.83. The van der Waals surface area contributed by atoms with E-state index in [0.29, 0.717) is 25.3 Å². The van der Waals surface area contributed by atoms with Crippen molar-refractivity contribution in [1.29, 1.82) is 0 Å². The first kappa shape index (κ1) is 10.6. The number of ether oxygens (including phenoxy) is 1. The van der Waals surface area contributed by atoms with Gasteiger partial charge in [0.2, 0.25) is 0 Å². The van der Waals surface area contributed by atoms with E-state index in [4.69, 9.17) is 4.74 Å². The number of amides is 1. The van der Waals surface area contributed by atoms with Crippen molar-refractivity contribution in [2.75, 3.05) is 13.1 Å². The third-order valence-electron chi connectivity index (χ3n) is 2.41. The van der Waals surface area contributed by atoms with E-state index in [0.717, 1.165) is 0 Å². The quantitative estimate of drug-likeness (QED) is 0.697. The molecule has 84 valence electrons. The summed E-state index contributed by atoms with van der Waals surface area (Å²) in [6.45, 7) is 4.90. The van der Waals surface area contributed by atoms with E-state index in [1.54, 1.807) is 23.4 Å². The minimum absolute atomic E-state index is 0.00348. The third kappa shape index (κ3) is 2.18. The zero-order valence-electron chi connectivity index (χ0n) is 8.87. The topological polar surface area (TPSA) is 55.3 Å². The smallest absolute Gasteiger partial charge is 0.263 e. The molecule has 1 amide bonds. The van der Waals surface area contributed by atoms with Crippen LogP contribution in [0, 0.1) is 0 Å². The monoisotopic (exact) mass is 219 g/mol. The zero-order chi connectivity index (χ0) is 11.4. The Kier molecular flexibility index (Phi) is 3.14. The molecule has 5 heteroatoms. The number of rotatable bonds is 4. The van der Waals surface area contributed by atoms with Gasteiger partial charge in [-0.25, -0.2) is 9.97 Å². The van der Waals surface area contributed by atoms with Crippen LogP contribution in [0.2, 0.25) is 0 Å². The molecule has 1 aromatic rings. The summed E-state index contributed by atoms with van der Waals surface area (Å²) in [5, 5.41) is 0. The van der Waals surface area contributed by atoms with Gasteiger partial charge in [0.1, 0.15) is 6.33 Å². The van der Waals surface area contributed by atoms with Crippen molar-refractivity contribution in [1.82, 2.24) is 14.9 Å². The summed E-state index contributed by atoms with van der Waals surface area (Å²) in [7, 11) is 0. The Morgan fingerprint density at radius 1 is 1.56 bits per heavy atom. The fourth-order valence-electron chi connectivity index (χ4n) is 1.67. The Morgan fingerprint density at radius 2 is 2.31 bits per heavy atom. The number of hydrogen-bond acceptors (Lipinski definition) is 4. The average molecular weight is 219 g/mol. The van der Waals surface area contributed by atoms with E-state index in [2.05, 4.69) is 16.5 Å². The van der Waals surface area contributed by atoms with E-state index < -0.39 is 6.10 Å². The first-order valence-corrected chi connectivity index (χ1v) is 5.12. The Morgan fingerprint density at radius 3 is 3.00 bits per heavy atom. The lowest BCUT2D eigenvalue weighted by Gasteiger charge is -2.14. The van der Waals surface area contributed by atoms with Crippen molar-refractivity contribution in [3.05, 3.63) is 31.4 Å². The number of carbonyl (C=O) groups is 1. The summed E-state index contributed by atoms with van der Waals surface area (Å²) in [6, 6.07) is 0. The molecule has 1 aliphatic heterocycles. The molecule has 1 atom stereocenters. The summed E-state index contributed by atoms with van der Waals surface area (Å²) in [6.07, 6.45) is 6.53. The molecule has 1 aliphatic rings. The van der Waals surface area contributed by atoms with E-state index in [1.807, 2.05) is 0 Å². The highest BCUT2D eigenvalue weighted by atomic mass is 16.5. The minimum atomic E-state index is -0.411. The normalized spacial score (nSPS) is 19.9. The molecule has 2 heterocycles. The van der Waals surface area contributed by atoms with Gasteiger partial charge in [-0.05, 0) is 0 Å². The predicted molar refractivity (Wildman–Crippen MR) is 57.8 cm³/mol. The van der Waals surface area contributed by atoms with Crippen molar-refractivity contribution in [3.8, 4) is 5.75 Å². The third-order valence-corrected chi connectivity index (χ3v) is 2.41. The minimum Gasteiger partial charge on any atom is -0.477 e. The van der Waals surface area contributed by atoms with Gasteiger partial charge in [-0.1, -0.05) is 6.08 Å². The molecule has 5 nitrogen and oxygen atoms in total. The fourth-order valence-corrected chi connectivity index (χ4v) is 1.67. The molecule has 0 aliphatic carbocycles. The van der Waals surface area contributed by atoms with Gasteiger partial charge in [0.15, 0.2) is 11.9 Å². The van der Waals surface area contributed by atoms with Gasteiger partial charge >= 0.3 is 0 Å². The molecule has 1 fully saturated rings. The molecule has 0 bridgehead atoms. The maximum absolute atomic E-state index is 11.8. The van der Waals surface area contributed by atoms with Crippen molar-refractivity contribution in [2.45, 2.75) is 12.5 Å². The van der Waals surface area contributed by atoms with Crippen LogP contribution in [-0.4, -0.2) is 40.0 Å². The summed E-state index contributed by atoms with van der Waals surface area (Å²) in [4.78, 5) is 21.2. The SMILES string of the molecule is C=CCN1CCC(Oc2cncnc2)C1=O. The lowest BCUT2D eigenvalue weighted by atomic mass is 10.3. The standard InChI is InChI=1S/C11H13N3O2/c1-2-4-14-5-3-10(11(14)15)16-9-6-12-8-13-7-9/h2,6-8,10H,1,3-5H2. The molecule has 16 heavy (non-hydrogen) atoms. The second kappa shape index (κ2) is 4.74. The molecule has 0 saturated carbocycles. The lowest BCUT2D eigenvalue weighted by Crippen LogP contribution is -2.32. The molecule has 0 N–H and O–H groups in total. The number of nitrogens with zero attached hydrogens (tertiary/aromatic N) is 3. The lowest BCUT2D eigenvalue weighted by molar-refractivity contribution is -0.132. The number of carbonyl (C=O) groups excluding carboxylic acids is 1. The Bertz CT molecular complexity index is 380. The van der Waals surface area contributed by atoms with Crippen molar-refractivity contribution in [3.63, 3.8) is 0 Å². The van der Waals surface area contributed by atoms with E-state index in [-0.39, 0.29) is 5.91 Å². The largest absolute Gasteiger partial charge is 0.477 e. The van der Waals surface area contributed by atoms with Crippen molar-refractivity contribution < 1.29 is 9.53 Å². The predicted octanol–water partition coefficient (Wildman–Crippen LogP) is 0.642. The van der Waals surface area contributed by atoms with Crippen LogP contribution >= 0.6 is 0 Å². The molecule has 1 unspecified atom stereocenters. The number of aromatic nitrogens is 2. The summed E-state index contributed by atoms with van der Waals surface area (Å²) >= 11 is 0. The second-order valence-electron chi connectivity index (χ2n) is 3.54. The first-order valence-electron chi connectivity index (χ1n) is 5.12. The average Bonchev–Trinajstić information content (AvgIpc) is 2.64. The molecular weight excluding hydrogens is 206 g/mol. The Hall–Kier alpha value is -1.91. The highest BCUT2D eigenvalue weighted by Gasteiger charge is 2.32. The van der Waals surface area contributed by atoms with Crippen LogP contribution in [0.5, 0.6) is 5.75 Å². The zero-order valence-corrected chi connectivity index (χ0v) is 8.87. The van der Waals surface area contributed by atoms with Crippen LogP contribution in [0.1, 0.15) is 6.42 Å². The molecular formula is C11H13N3O2. The maximum atomic E-state index is 11.8. The molecule has 0 spiro atoms. The van der Waals surface area contributed by atoms with Gasteiger partial charge in [0.25, 0.3) is 5.91 Å². The summed E-state index contributed by atoms with van der Waals surface area (Å²) in [5.74, 6) is 0.532. The van der Waals surface area contributed by atoms with Crippen molar-refractivity contribution in [2.24, 2.45) is 0 Å². The molecule has 2 rings (SSSR count). The van der Waals surface area contributed by atoms with Crippen LogP contribution in [0.25, 0.3) is 0 Å². The van der Waals surface area contributed by atoms with E-state index in [9.17, 15) is 4.79 Å². The second-order valence-corrected chi connectivity index (χ2v) is 3.54. The van der Waals surface area contributed by atoms with Crippen LogP contribution < -0.4 is 4.74 Å². The van der Waals surface area contributed by atoms with Gasteiger partial charge in [0.05, 0.1) is 12.4 Å². The van der Waals surface area contributed by atoms with Gasteiger partial charge in [0, 0.05) is 19.5 Å². The fraction of sp³-hybridized carbons (Fsp3) is 0.364. The number of likely N-dealkylation sites (tertiary alicyclic amines) is 1. The van der Waals surface area contributed by atoms with Gasteiger partial charge in [-0.2, -0.15) is 0 Å². The molecule has 0 aromatic carbocycles. The Labute approximate surface area is 93.8 Å².